The summed E-state index contributed by atoms with van der Waals surface area (Å²) in [5.41, 5.74) is -0.812. The molecule has 15 heavy (non-hydrogen) atoms. The highest BCUT2D eigenvalue weighted by molar-refractivity contribution is 6.05. The average molecular weight is 214 g/mol. The van der Waals surface area contributed by atoms with Crippen LogP contribution in [0.25, 0.3) is 0 Å². The van der Waals surface area contributed by atoms with E-state index < -0.39 is 5.41 Å². The Bertz CT molecular complexity index is 257. The highest BCUT2D eigenvalue weighted by atomic mass is 16.5. The molecule has 0 N–H and O–H groups in total. The number of rotatable bonds is 3. The molecule has 1 saturated carbocycles. The lowest BCUT2D eigenvalue weighted by Gasteiger charge is -2.19. The normalized spacial score (nSPS) is 17.6. The van der Waals surface area contributed by atoms with Crippen LogP contribution in [0.4, 0.5) is 0 Å². The fourth-order valence-corrected chi connectivity index (χ4v) is 1.25. The van der Waals surface area contributed by atoms with Gasteiger partial charge in [-0.3, -0.25) is 9.59 Å². The van der Waals surface area contributed by atoms with Gasteiger partial charge in [0.05, 0.1) is 6.61 Å². The molecule has 0 bridgehead atoms. The third-order valence-corrected chi connectivity index (χ3v) is 2.45. The van der Waals surface area contributed by atoms with Gasteiger partial charge in [0.1, 0.15) is 11.2 Å². The Labute approximate surface area is 92.2 Å². The highest BCUT2D eigenvalue weighted by Gasteiger charge is 2.55. The van der Waals surface area contributed by atoms with Crippen LogP contribution in [-0.4, -0.2) is 18.4 Å². The smallest absolute Gasteiger partial charge is 0.319 e. The van der Waals surface area contributed by atoms with Crippen LogP contribution < -0.4 is 0 Å². The summed E-state index contributed by atoms with van der Waals surface area (Å²) in [6, 6.07) is 0. The molecule has 88 valence electrons. The molecule has 0 aromatic heterocycles. The average Bonchev–Trinajstić information content (AvgIpc) is 2.78. The molecule has 3 nitrogen and oxygen atoms in total. The SMILES string of the molecule is C.CC(=O)C1(C(=O)OCC(C)(C)C)CC1. The van der Waals surface area contributed by atoms with Gasteiger partial charge in [0.2, 0.25) is 0 Å². The Balaban J connectivity index is 0.00000196. The Morgan fingerprint density at radius 3 is 2.00 bits per heavy atom. The number of hydrogen-bond donors (Lipinski definition) is 0. The monoisotopic (exact) mass is 214 g/mol. The molecule has 0 aliphatic heterocycles. The van der Waals surface area contributed by atoms with Crippen molar-refractivity contribution in [2.75, 3.05) is 6.61 Å². The predicted molar refractivity (Wildman–Crippen MR) is 59.5 cm³/mol. The minimum atomic E-state index is -0.773. The summed E-state index contributed by atoms with van der Waals surface area (Å²) in [6.45, 7) is 7.82. The van der Waals surface area contributed by atoms with Crippen LogP contribution in [-0.2, 0) is 14.3 Å². The van der Waals surface area contributed by atoms with Gasteiger partial charge < -0.3 is 4.74 Å². The Hall–Kier alpha value is -0.860. The maximum atomic E-state index is 11.6. The van der Waals surface area contributed by atoms with Crippen molar-refractivity contribution in [3.63, 3.8) is 0 Å². The standard InChI is InChI=1S/C11H18O3.CH4/c1-8(12)11(5-6-11)9(13)14-7-10(2,3)4;/h5-7H2,1-4H3;1H4. The third kappa shape index (κ3) is 3.33. The molecule has 0 aromatic carbocycles. The van der Waals surface area contributed by atoms with E-state index in [9.17, 15) is 9.59 Å². The zero-order valence-corrected chi connectivity index (χ0v) is 9.35. The van der Waals surface area contributed by atoms with Crippen LogP contribution in [0.3, 0.4) is 0 Å². The zero-order valence-electron chi connectivity index (χ0n) is 9.35. The van der Waals surface area contributed by atoms with E-state index in [0.29, 0.717) is 19.4 Å². The second-order valence-corrected chi connectivity index (χ2v) is 5.28. The molecular formula is C12H22O3. The van der Waals surface area contributed by atoms with E-state index in [1.807, 2.05) is 20.8 Å². The van der Waals surface area contributed by atoms with E-state index in [0.717, 1.165) is 0 Å². The lowest BCUT2D eigenvalue weighted by Crippen LogP contribution is -2.29. The van der Waals surface area contributed by atoms with Crippen molar-refractivity contribution in [2.24, 2.45) is 10.8 Å². The van der Waals surface area contributed by atoms with Crippen molar-refractivity contribution < 1.29 is 14.3 Å². The van der Waals surface area contributed by atoms with Crippen molar-refractivity contribution in [3.8, 4) is 0 Å². The van der Waals surface area contributed by atoms with Crippen LogP contribution in [0, 0.1) is 10.8 Å². The number of esters is 1. The molecule has 0 aromatic rings. The van der Waals surface area contributed by atoms with Crippen LogP contribution in [0.2, 0.25) is 0 Å². The van der Waals surface area contributed by atoms with Crippen molar-refractivity contribution in [2.45, 2.75) is 48.0 Å². The van der Waals surface area contributed by atoms with Gasteiger partial charge in [-0.15, -0.1) is 0 Å². The molecule has 0 amide bonds. The summed E-state index contributed by atoms with van der Waals surface area (Å²) < 4.78 is 5.14. The number of hydrogen-bond acceptors (Lipinski definition) is 3. The predicted octanol–water partition coefficient (Wildman–Crippen LogP) is 2.58. The summed E-state index contributed by atoms with van der Waals surface area (Å²) in [7, 11) is 0. The van der Waals surface area contributed by atoms with E-state index in [-0.39, 0.29) is 24.6 Å². The second-order valence-electron chi connectivity index (χ2n) is 5.28. The fraction of sp³-hybridized carbons (Fsp3) is 0.833. The number of carbonyl (C=O) groups excluding carboxylic acids is 2. The van der Waals surface area contributed by atoms with Crippen LogP contribution in [0.15, 0.2) is 0 Å². The summed E-state index contributed by atoms with van der Waals surface area (Å²) in [6.07, 6.45) is 1.32. The van der Waals surface area contributed by atoms with Gasteiger partial charge in [-0.05, 0) is 25.2 Å². The Kier molecular flexibility index (Phi) is 4.08. The van der Waals surface area contributed by atoms with E-state index in [1.165, 1.54) is 6.92 Å². The lowest BCUT2D eigenvalue weighted by molar-refractivity contribution is -0.156. The fourth-order valence-electron chi connectivity index (χ4n) is 1.25. The highest BCUT2D eigenvalue weighted by Crippen LogP contribution is 2.47. The maximum absolute atomic E-state index is 11.6. The maximum Gasteiger partial charge on any atom is 0.319 e. The summed E-state index contributed by atoms with van der Waals surface area (Å²) in [5.74, 6) is -0.392. The minimum Gasteiger partial charge on any atom is -0.464 e. The molecule has 0 spiro atoms. The third-order valence-electron chi connectivity index (χ3n) is 2.45. The number of ether oxygens (including phenoxy) is 1. The van der Waals surface area contributed by atoms with E-state index in [2.05, 4.69) is 0 Å². The first-order valence-electron chi connectivity index (χ1n) is 4.96. The molecular weight excluding hydrogens is 192 g/mol. The van der Waals surface area contributed by atoms with Gasteiger partial charge in [-0.2, -0.15) is 0 Å². The quantitative estimate of drug-likeness (QED) is 0.535. The molecule has 0 atom stereocenters. The molecule has 1 rings (SSSR count). The Morgan fingerprint density at radius 2 is 1.73 bits per heavy atom. The zero-order chi connectivity index (χ0) is 11.0. The molecule has 1 aliphatic carbocycles. The summed E-state index contributed by atoms with van der Waals surface area (Å²) in [5, 5.41) is 0. The van der Waals surface area contributed by atoms with Crippen molar-refractivity contribution >= 4 is 11.8 Å². The van der Waals surface area contributed by atoms with Gasteiger partial charge in [0, 0.05) is 0 Å². The van der Waals surface area contributed by atoms with Crippen molar-refractivity contribution in [1.29, 1.82) is 0 Å². The summed E-state index contributed by atoms with van der Waals surface area (Å²) >= 11 is 0. The first-order valence-corrected chi connectivity index (χ1v) is 4.96. The first-order chi connectivity index (χ1) is 6.28. The number of carbonyl (C=O) groups is 2. The largest absolute Gasteiger partial charge is 0.464 e. The minimum absolute atomic E-state index is 0. The van der Waals surface area contributed by atoms with E-state index in [1.54, 1.807) is 0 Å². The van der Waals surface area contributed by atoms with Gasteiger partial charge >= 0.3 is 5.97 Å². The second kappa shape index (κ2) is 4.33. The molecule has 0 radical (unpaired) electrons. The molecule has 1 fully saturated rings. The van der Waals surface area contributed by atoms with Gasteiger partial charge in [0.25, 0.3) is 0 Å². The van der Waals surface area contributed by atoms with Gasteiger partial charge in [-0.25, -0.2) is 0 Å². The molecule has 1 aliphatic rings. The van der Waals surface area contributed by atoms with Crippen LogP contribution in [0.5, 0.6) is 0 Å². The summed E-state index contributed by atoms with van der Waals surface area (Å²) in [4.78, 5) is 22.8. The topological polar surface area (TPSA) is 43.4 Å². The van der Waals surface area contributed by atoms with Gasteiger partial charge in [-0.1, -0.05) is 28.2 Å². The lowest BCUT2D eigenvalue weighted by atomic mass is 9.98. The molecule has 0 saturated heterocycles. The van der Waals surface area contributed by atoms with Gasteiger partial charge in [0.15, 0.2) is 0 Å². The van der Waals surface area contributed by atoms with E-state index >= 15 is 0 Å². The van der Waals surface area contributed by atoms with Crippen molar-refractivity contribution in [3.05, 3.63) is 0 Å². The molecule has 0 heterocycles. The Morgan fingerprint density at radius 1 is 1.27 bits per heavy atom. The first kappa shape index (κ1) is 14.1. The van der Waals surface area contributed by atoms with Crippen molar-refractivity contribution in [1.82, 2.24) is 0 Å². The molecule has 0 unspecified atom stereocenters. The van der Waals surface area contributed by atoms with Crippen LogP contribution in [0.1, 0.15) is 48.0 Å². The van der Waals surface area contributed by atoms with Crippen LogP contribution >= 0.6 is 0 Å². The van der Waals surface area contributed by atoms with E-state index in [4.69, 9.17) is 4.74 Å². The number of ketones is 1. The number of Topliss-reactive ketones (excluding diaryl/α,β-unsaturated/α-hetero) is 1. The molecule has 3 heteroatoms.